The van der Waals surface area contributed by atoms with Crippen molar-refractivity contribution in [2.24, 2.45) is 5.92 Å². The van der Waals surface area contributed by atoms with Crippen molar-refractivity contribution in [2.75, 3.05) is 19.6 Å². The van der Waals surface area contributed by atoms with E-state index in [2.05, 4.69) is 64.4 Å². The molecule has 28 heavy (non-hydrogen) atoms. The first-order chi connectivity index (χ1) is 13.8. The average molecular weight is 377 g/mol. The fourth-order valence-electron chi connectivity index (χ4n) is 4.83. The van der Waals surface area contributed by atoms with E-state index in [0.29, 0.717) is 18.4 Å². The Morgan fingerprint density at radius 1 is 0.750 bits per heavy atom. The summed E-state index contributed by atoms with van der Waals surface area (Å²) in [7, 11) is 0. The number of benzene rings is 2. The molecule has 2 aliphatic heterocycles. The lowest BCUT2D eigenvalue weighted by molar-refractivity contribution is -0.131. The summed E-state index contributed by atoms with van der Waals surface area (Å²) < 4.78 is 0. The molecule has 2 aromatic rings. The summed E-state index contributed by atoms with van der Waals surface area (Å²) in [4.78, 5) is 17.3. The monoisotopic (exact) mass is 376 g/mol. The van der Waals surface area contributed by atoms with E-state index in [4.69, 9.17) is 0 Å². The zero-order valence-corrected chi connectivity index (χ0v) is 16.8. The van der Waals surface area contributed by atoms with Crippen LogP contribution in [0.5, 0.6) is 0 Å². The van der Waals surface area contributed by atoms with Gasteiger partial charge in [0.25, 0.3) is 0 Å². The van der Waals surface area contributed by atoms with Crippen LogP contribution >= 0.6 is 0 Å². The third-order valence-electron chi connectivity index (χ3n) is 6.53. The average Bonchev–Trinajstić information content (AvgIpc) is 2.92. The van der Waals surface area contributed by atoms with Gasteiger partial charge < -0.3 is 9.80 Å². The van der Waals surface area contributed by atoms with Gasteiger partial charge in [-0.1, -0.05) is 60.7 Å². The molecule has 3 heteroatoms. The Hall–Kier alpha value is -2.13. The number of hydrogen-bond donors (Lipinski definition) is 0. The number of hydrogen-bond acceptors (Lipinski definition) is 2. The molecule has 0 N–H and O–H groups in total. The molecule has 2 heterocycles. The SMILES string of the molecule is O=C1CCC(N2CCC(Cc3ccccc3)CC2)CCN1Cc1ccccc1. The number of amides is 1. The van der Waals surface area contributed by atoms with Crippen LogP contribution in [0, 0.1) is 5.92 Å². The minimum atomic E-state index is 0.324. The lowest BCUT2D eigenvalue weighted by Crippen LogP contribution is -2.42. The largest absolute Gasteiger partial charge is 0.338 e. The highest BCUT2D eigenvalue weighted by molar-refractivity contribution is 5.76. The third kappa shape index (κ3) is 5.02. The van der Waals surface area contributed by atoms with Crippen LogP contribution in [0.25, 0.3) is 0 Å². The van der Waals surface area contributed by atoms with Gasteiger partial charge in [0, 0.05) is 25.6 Å². The van der Waals surface area contributed by atoms with E-state index in [1.54, 1.807) is 0 Å². The Morgan fingerprint density at radius 2 is 1.39 bits per heavy atom. The number of piperidine rings is 1. The summed E-state index contributed by atoms with van der Waals surface area (Å²) in [6.45, 7) is 4.03. The van der Waals surface area contributed by atoms with E-state index in [9.17, 15) is 4.79 Å². The summed E-state index contributed by atoms with van der Waals surface area (Å²) in [5.41, 5.74) is 2.70. The van der Waals surface area contributed by atoms with Gasteiger partial charge in [-0.15, -0.1) is 0 Å². The van der Waals surface area contributed by atoms with Crippen molar-refractivity contribution < 1.29 is 4.79 Å². The zero-order valence-electron chi connectivity index (χ0n) is 16.8. The normalized spacial score (nSPS) is 22.2. The summed E-state index contributed by atoms with van der Waals surface area (Å²) in [6.07, 6.45) is 6.61. The van der Waals surface area contributed by atoms with Crippen LogP contribution in [0.15, 0.2) is 60.7 Å². The molecule has 1 unspecified atom stereocenters. The van der Waals surface area contributed by atoms with Gasteiger partial charge in [-0.2, -0.15) is 0 Å². The van der Waals surface area contributed by atoms with Gasteiger partial charge in [0.1, 0.15) is 0 Å². The highest BCUT2D eigenvalue weighted by Gasteiger charge is 2.29. The Balaban J connectivity index is 1.27. The van der Waals surface area contributed by atoms with Crippen LogP contribution in [0.4, 0.5) is 0 Å². The van der Waals surface area contributed by atoms with Crippen LogP contribution in [0.3, 0.4) is 0 Å². The topological polar surface area (TPSA) is 23.6 Å². The maximum Gasteiger partial charge on any atom is 0.222 e. The first-order valence-electron chi connectivity index (χ1n) is 10.9. The summed E-state index contributed by atoms with van der Waals surface area (Å²) in [5.74, 6) is 1.13. The van der Waals surface area contributed by atoms with Gasteiger partial charge in [0.2, 0.25) is 5.91 Å². The van der Waals surface area contributed by atoms with Crippen molar-refractivity contribution in [2.45, 2.75) is 51.1 Å². The molecular formula is C25H32N2O. The van der Waals surface area contributed by atoms with Crippen molar-refractivity contribution in [1.82, 2.24) is 9.80 Å². The number of carbonyl (C=O) groups is 1. The van der Waals surface area contributed by atoms with E-state index in [-0.39, 0.29) is 0 Å². The van der Waals surface area contributed by atoms with Crippen molar-refractivity contribution in [3.63, 3.8) is 0 Å². The molecular weight excluding hydrogens is 344 g/mol. The van der Waals surface area contributed by atoms with Gasteiger partial charge in [-0.3, -0.25) is 4.79 Å². The van der Waals surface area contributed by atoms with Gasteiger partial charge in [0.15, 0.2) is 0 Å². The quantitative estimate of drug-likeness (QED) is 0.766. The highest BCUT2D eigenvalue weighted by Crippen LogP contribution is 2.27. The van der Waals surface area contributed by atoms with E-state index in [1.807, 2.05) is 6.07 Å². The van der Waals surface area contributed by atoms with Crippen LogP contribution in [-0.2, 0) is 17.8 Å². The molecule has 148 valence electrons. The van der Waals surface area contributed by atoms with Crippen molar-refractivity contribution in [1.29, 1.82) is 0 Å². The summed E-state index contributed by atoms with van der Waals surface area (Å²) in [5, 5.41) is 0. The fourth-order valence-corrected chi connectivity index (χ4v) is 4.83. The second-order valence-corrected chi connectivity index (χ2v) is 8.45. The smallest absolute Gasteiger partial charge is 0.222 e. The van der Waals surface area contributed by atoms with Gasteiger partial charge in [-0.05, 0) is 62.2 Å². The van der Waals surface area contributed by atoms with E-state index < -0.39 is 0 Å². The minimum Gasteiger partial charge on any atom is -0.338 e. The second kappa shape index (κ2) is 9.38. The minimum absolute atomic E-state index is 0.324. The van der Waals surface area contributed by atoms with Gasteiger partial charge >= 0.3 is 0 Å². The molecule has 2 aliphatic rings. The predicted molar refractivity (Wildman–Crippen MR) is 114 cm³/mol. The number of nitrogens with zero attached hydrogens (tertiary/aromatic N) is 2. The molecule has 2 aromatic carbocycles. The van der Waals surface area contributed by atoms with Gasteiger partial charge in [0.05, 0.1) is 0 Å². The number of rotatable bonds is 5. The first kappa shape index (κ1) is 19.2. The molecule has 0 saturated carbocycles. The first-order valence-corrected chi connectivity index (χ1v) is 10.9. The molecule has 1 atom stereocenters. The predicted octanol–water partition coefficient (Wildman–Crippen LogP) is 4.52. The standard InChI is InChI=1S/C25H32N2O/c28-25-12-11-24(15-18-27(25)20-23-9-5-2-6-10-23)26-16-13-22(14-17-26)19-21-7-3-1-4-8-21/h1-10,22,24H,11-20H2. The van der Waals surface area contributed by atoms with Crippen molar-refractivity contribution in [3.8, 4) is 0 Å². The van der Waals surface area contributed by atoms with Crippen LogP contribution in [0.2, 0.25) is 0 Å². The molecule has 0 bridgehead atoms. The molecule has 2 fully saturated rings. The van der Waals surface area contributed by atoms with Crippen LogP contribution in [-0.4, -0.2) is 41.4 Å². The fraction of sp³-hybridized carbons (Fsp3) is 0.480. The molecule has 0 aromatic heterocycles. The molecule has 4 rings (SSSR count). The second-order valence-electron chi connectivity index (χ2n) is 8.45. The summed E-state index contributed by atoms with van der Waals surface area (Å²) in [6, 6.07) is 21.9. The maximum atomic E-state index is 12.6. The molecule has 0 spiro atoms. The number of likely N-dealkylation sites (tertiary alicyclic amines) is 2. The number of carbonyl (C=O) groups excluding carboxylic acids is 1. The van der Waals surface area contributed by atoms with E-state index in [0.717, 1.165) is 31.8 Å². The molecule has 0 radical (unpaired) electrons. The van der Waals surface area contributed by atoms with Crippen molar-refractivity contribution >= 4 is 5.91 Å². The Bertz CT molecular complexity index is 738. The van der Waals surface area contributed by atoms with Crippen molar-refractivity contribution in [3.05, 3.63) is 71.8 Å². The Morgan fingerprint density at radius 3 is 2.07 bits per heavy atom. The third-order valence-corrected chi connectivity index (χ3v) is 6.53. The highest BCUT2D eigenvalue weighted by atomic mass is 16.2. The lowest BCUT2D eigenvalue weighted by atomic mass is 9.89. The van der Waals surface area contributed by atoms with E-state index >= 15 is 0 Å². The van der Waals surface area contributed by atoms with Crippen LogP contribution < -0.4 is 0 Å². The molecule has 1 amide bonds. The molecule has 2 saturated heterocycles. The Labute approximate surface area is 169 Å². The maximum absolute atomic E-state index is 12.6. The van der Waals surface area contributed by atoms with Crippen LogP contribution in [0.1, 0.15) is 43.2 Å². The van der Waals surface area contributed by atoms with Gasteiger partial charge in [-0.25, -0.2) is 0 Å². The summed E-state index contributed by atoms with van der Waals surface area (Å²) >= 11 is 0. The molecule has 0 aliphatic carbocycles. The zero-order chi connectivity index (χ0) is 19.2. The Kier molecular flexibility index (Phi) is 6.43. The lowest BCUT2D eigenvalue weighted by Gasteiger charge is -2.37. The molecule has 3 nitrogen and oxygen atoms in total. The van der Waals surface area contributed by atoms with E-state index in [1.165, 1.54) is 43.5 Å².